The fraction of sp³-hybridized carbons (Fsp3) is 0.654. The number of ketones is 1. The highest BCUT2D eigenvalue weighted by Gasteiger charge is 2.42. The first kappa shape index (κ1) is 29.3. The van der Waals surface area contributed by atoms with Crippen LogP contribution in [0.2, 0.25) is 0 Å². The van der Waals surface area contributed by atoms with E-state index in [2.05, 4.69) is 4.98 Å². The number of Topliss-reactive ketones (excluding diaryl/α,β-unsaturated/α-hetero) is 1. The number of hydrogen-bond acceptors (Lipinski definition) is 8. The molecule has 0 aromatic carbocycles. The van der Waals surface area contributed by atoms with Crippen molar-refractivity contribution in [1.82, 2.24) is 4.98 Å². The van der Waals surface area contributed by atoms with Crippen molar-refractivity contribution < 1.29 is 28.9 Å². The number of esters is 1. The molecule has 1 aromatic rings. The fourth-order valence-electron chi connectivity index (χ4n) is 4.24. The van der Waals surface area contributed by atoms with Gasteiger partial charge in [-0.3, -0.25) is 9.59 Å². The second kappa shape index (κ2) is 12.9. The Morgan fingerprint density at radius 1 is 1.34 bits per heavy atom. The van der Waals surface area contributed by atoms with Crippen molar-refractivity contribution in [3.8, 4) is 0 Å². The summed E-state index contributed by atoms with van der Waals surface area (Å²) >= 11 is 1.32. The Morgan fingerprint density at radius 3 is 2.66 bits per heavy atom. The van der Waals surface area contributed by atoms with Crippen molar-refractivity contribution in [3.05, 3.63) is 33.6 Å². The number of aromatic nitrogens is 1. The summed E-state index contributed by atoms with van der Waals surface area (Å²) < 4.78 is 20.6. The number of carbonyl (C=O) groups excluding carboxylic acids is 2. The molecule has 0 spiro atoms. The quantitative estimate of drug-likeness (QED) is 0.409. The van der Waals surface area contributed by atoms with Crippen molar-refractivity contribution in [2.24, 2.45) is 23.0 Å². The van der Waals surface area contributed by atoms with Gasteiger partial charge in [0.25, 0.3) is 0 Å². The second-order valence-corrected chi connectivity index (χ2v) is 11.1. The maximum atomic E-state index is 15.2. The zero-order valence-electron chi connectivity index (χ0n) is 21.3. The molecule has 35 heavy (non-hydrogen) atoms. The van der Waals surface area contributed by atoms with E-state index in [1.807, 2.05) is 19.9 Å². The van der Waals surface area contributed by atoms with Gasteiger partial charge in [0.1, 0.15) is 16.6 Å². The molecule has 9 heteroatoms. The van der Waals surface area contributed by atoms with Gasteiger partial charge in [-0.15, -0.1) is 11.3 Å². The first-order chi connectivity index (χ1) is 16.4. The molecule has 4 N–H and O–H groups in total. The van der Waals surface area contributed by atoms with Crippen LogP contribution in [-0.4, -0.2) is 45.3 Å². The highest BCUT2D eigenvalue weighted by molar-refractivity contribution is 7.09. The van der Waals surface area contributed by atoms with Crippen molar-refractivity contribution >= 4 is 29.2 Å². The highest BCUT2D eigenvalue weighted by Crippen LogP contribution is 2.32. The summed E-state index contributed by atoms with van der Waals surface area (Å²) in [7, 11) is 0. The van der Waals surface area contributed by atoms with Gasteiger partial charge in [0.15, 0.2) is 6.10 Å². The van der Waals surface area contributed by atoms with Gasteiger partial charge in [0.05, 0.1) is 29.7 Å². The van der Waals surface area contributed by atoms with Crippen LogP contribution in [0.5, 0.6) is 0 Å². The van der Waals surface area contributed by atoms with Crippen LogP contribution in [0.25, 0.3) is 6.08 Å². The Hall–Kier alpha value is -1.94. The lowest BCUT2D eigenvalue weighted by molar-refractivity contribution is -0.154. The number of nitrogens with two attached hydrogens (primary N) is 1. The molecule has 2 rings (SSSR count). The summed E-state index contributed by atoms with van der Waals surface area (Å²) in [5, 5.41) is 23.8. The number of cyclic esters (lactones) is 1. The van der Waals surface area contributed by atoms with E-state index in [-0.39, 0.29) is 24.7 Å². The third-order valence-corrected chi connectivity index (χ3v) is 7.75. The molecule has 0 fully saturated rings. The number of allylic oxidation sites excluding steroid dienone is 1. The van der Waals surface area contributed by atoms with Crippen molar-refractivity contribution in [2.75, 3.05) is 0 Å². The van der Waals surface area contributed by atoms with Crippen molar-refractivity contribution in [2.45, 2.75) is 91.6 Å². The molecule has 5 atom stereocenters. The number of carbonyl (C=O) groups is 2. The lowest BCUT2D eigenvalue weighted by Crippen LogP contribution is -2.45. The Morgan fingerprint density at radius 2 is 2.03 bits per heavy atom. The van der Waals surface area contributed by atoms with Gasteiger partial charge in [-0.1, -0.05) is 39.3 Å². The van der Waals surface area contributed by atoms with Gasteiger partial charge in [0, 0.05) is 30.3 Å². The monoisotopic (exact) mass is 510 g/mol. The molecule has 7 nitrogen and oxygen atoms in total. The van der Waals surface area contributed by atoms with Crippen LogP contribution < -0.4 is 5.73 Å². The lowest BCUT2D eigenvalue weighted by atomic mass is 9.73. The number of halogens is 1. The predicted molar refractivity (Wildman–Crippen MR) is 135 cm³/mol. The largest absolute Gasteiger partial charge is 0.455 e. The summed E-state index contributed by atoms with van der Waals surface area (Å²) in [4.78, 5) is 30.0. The number of aliphatic hydroxyl groups is 2. The fourth-order valence-corrected chi connectivity index (χ4v) is 4.87. The second-order valence-electron chi connectivity index (χ2n) is 10.1. The topological polar surface area (TPSA) is 123 Å². The summed E-state index contributed by atoms with van der Waals surface area (Å²) in [5.74, 6) is -2.63. The molecule has 2 heterocycles. The lowest BCUT2D eigenvalue weighted by Gasteiger charge is -2.34. The zero-order valence-corrected chi connectivity index (χ0v) is 22.1. The number of rotatable bonds is 3. The smallest absolute Gasteiger partial charge is 0.309 e. The minimum atomic E-state index is -1.35. The normalized spacial score (nSPS) is 31.5. The summed E-state index contributed by atoms with van der Waals surface area (Å²) in [5.41, 5.74) is 5.69. The first-order valence-corrected chi connectivity index (χ1v) is 13.0. The average molecular weight is 511 g/mol. The molecule has 0 amide bonds. The molecule has 0 radical (unpaired) electrons. The van der Waals surface area contributed by atoms with E-state index in [1.165, 1.54) is 17.4 Å². The number of aliphatic hydroxyl groups excluding tert-OH is 2. The minimum Gasteiger partial charge on any atom is -0.455 e. The van der Waals surface area contributed by atoms with Crippen LogP contribution in [0.15, 0.2) is 22.9 Å². The van der Waals surface area contributed by atoms with Crippen molar-refractivity contribution in [3.63, 3.8) is 0 Å². The first-order valence-electron chi connectivity index (χ1n) is 12.1. The van der Waals surface area contributed by atoms with Crippen LogP contribution in [0.4, 0.5) is 4.39 Å². The molecule has 1 aliphatic rings. The number of nitrogens with zero attached hydrogens (tertiary/aromatic N) is 1. The molecule has 0 saturated carbocycles. The number of hydrogen-bond donors (Lipinski definition) is 3. The molecule has 1 aromatic heterocycles. The number of ether oxygens (including phenoxy) is 1. The Bertz CT molecular complexity index is 942. The van der Waals surface area contributed by atoms with Gasteiger partial charge < -0.3 is 20.7 Å². The average Bonchev–Trinajstić information content (AvgIpc) is 3.26. The van der Waals surface area contributed by atoms with Gasteiger partial charge in [0.2, 0.25) is 0 Å². The van der Waals surface area contributed by atoms with Gasteiger partial charge in [-0.25, -0.2) is 9.37 Å². The minimum absolute atomic E-state index is 0.114. The molecule has 1 aliphatic heterocycles. The zero-order chi connectivity index (χ0) is 26.3. The van der Waals surface area contributed by atoms with Crippen LogP contribution >= 0.6 is 11.3 Å². The molecule has 0 saturated heterocycles. The van der Waals surface area contributed by atoms with Crippen molar-refractivity contribution in [1.29, 1.82) is 0 Å². The maximum Gasteiger partial charge on any atom is 0.309 e. The Labute approximate surface area is 211 Å². The highest BCUT2D eigenvalue weighted by atomic mass is 32.1. The Balaban J connectivity index is 2.33. The SMILES string of the molecule is C/C1=C/CC(C(F)=Cc2csc(CN)n2)OC(=O)CC(O)C(C)(C)C(=O)C(C)C(O)C(C)CCC1. The van der Waals surface area contributed by atoms with Crippen LogP contribution in [0, 0.1) is 17.3 Å². The summed E-state index contributed by atoms with van der Waals surface area (Å²) in [6.07, 6.45) is 1.58. The van der Waals surface area contributed by atoms with E-state index in [4.69, 9.17) is 10.5 Å². The number of thiazole rings is 1. The predicted octanol–water partition coefficient (Wildman–Crippen LogP) is 4.32. The third-order valence-electron chi connectivity index (χ3n) is 6.86. The van der Waals surface area contributed by atoms with Gasteiger partial charge in [-0.05, 0) is 32.1 Å². The van der Waals surface area contributed by atoms with E-state index in [9.17, 15) is 19.8 Å². The standard InChI is InChI=1S/C26H39FN2O5S/c1-15-7-6-8-16(2)24(32)17(3)25(33)26(4,5)21(30)12-23(31)34-20(10-9-15)19(27)11-18-14-35-22(13-28)29-18/h9,11,14,16-17,20-21,24,30,32H,6-8,10,12-13,28H2,1-5H3/b15-9-,19-11?. The van der Waals surface area contributed by atoms with E-state index in [0.29, 0.717) is 17.1 Å². The summed E-state index contributed by atoms with van der Waals surface area (Å²) in [6.45, 7) is 8.83. The van der Waals surface area contributed by atoms with E-state index >= 15 is 4.39 Å². The van der Waals surface area contributed by atoms with E-state index in [1.54, 1.807) is 26.2 Å². The molecule has 5 unspecified atom stereocenters. The molecular weight excluding hydrogens is 471 g/mol. The molecule has 196 valence electrons. The van der Waals surface area contributed by atoms with Crippen LogP contribution in [-0.2, 0) is 20.9 Å². The van der Waals surface area contributed by atoms with E-state index < -0.39 is 47.9 Å². The molecular formula is C26H39FN2O5S. The Kier molecular flexibility index (Phi) is 10.8. The van der Waals surface area contributed by atoms with Gasteiger partial charge >= 0.3 is 5.97 Å². The third kappa shape index (κ3) is 8.03. The summed E-state index contributed by atoms with van der Waals surface area (Å²) in [6, 6.07) is 0. The van der Waals surface area contributed by atoms with Crippen LogP contribution in [0.3, 0.4) is 0 Å². The van der Waals surface area contributed by atoms with Gasteiger partial charge in [-0.2, -0.15) is 0 Å². The van der Waals surface area contributed by atoms with Crippen LogP contribution in [0.1, 0.15) is 77.4 Å². The maximum absolute atomic E-state index is 15.2. The molecule has 0 bridgehead atoms. The molecule has 0 aliphatic carbocycles. The van der Waals surface area contributed by atoms with E-state index in [0.717, 1.165) is 18.4 Å².